The van der Waals surface area contributed by atoms with E-state index in [4.69, 9.17) is 9.47 Å². The number of carbonyl (C=O) groups excluding carboxylic acids is 2. The number of nitrogens with one attached hydrogen (secondary N) is 2. The zero-order valence-electron chi connectivity index (χ0n) is 14.3. The number of rotatable bonds is 6. The normalized spacial score (nSPS) is 10.0. The van der Waals surface area contributed by atoms with E-state index in [1.165, 1.54) is 26.0 Å². The number of ether oxygens (including phenoxy) is 2. The summed E-state index contributed by atoms with van der Waals surface area (Å²) < 4.78 is 10.3. The van der Waals surface area contributed by atoms with E-state index in [0.29, 0.717) is 17.1 Å². The summed E-state index contributed by atoms with van der Waals surface area (Å²) >= 11 is 1.40. The van der Waals surface area contributed by atoms with Crippen LogP contribution in [0.25, 0.3) is 0 Å². The van der Waals surface area contributed by atoms with Crippen LogP contribution in [-0.4, -0.2) is 31.8 Å². The first-order valence-corrected chi connectivity index (χ1v) is 8.52. The highest BCUT2D eigenvalue weighted by Gasteiger charge is 2.11. The van der Waals surface area contributed by atoms with Crippen LogP contribution in [-0.2, 0) is 4.79 Å². The molecule has 0 atom stereocenters. The predicted molar refractivity (Wildman–Crippen MR) is 97.1 cm³/mol. The molecule has 0 heterocycles. The maximum Gasteiger partial charge on any atom is 0.269 e. The van der Waals surface area contributed by atoms with Crippen LogP contribution in [0.15, 0.2) is 47.4 Å². The molecule has 132 valence electrons. The Labute approximate surface area is 150 Å². The summed E-state index contributed by atoms with van der Waals surface area (Å²) in [4.78, 5) is 24.9. The lowest BCUT2D eigenvalue weighted by molar-refractivity contribution is -0.119. The number of aryl methyl sites for hydroxylation is 1. The molecule has 0 unspecified atom stereocenters. The summed E-state index contributed by atoms with van der Waals surface area (Å²) in [5.74, 6) is 0.443. The largest absolute Gasteiger partial charge is 0.493 e. The highest BCUT2D eigenvalue weighted by Crippen LogP contribution is 2.27. The Morgan fingerprint density at radius 2 is 1.64 bits per heavy atom. The van der Waals surface area contributed by atoms with Gasteiger partial charge in [-0.05, 0) is 37.3 Å². The van der Waals surface area contributed by atoms with Gasteiger partial charge < -0.3 is 9.47 Å². The van der Waals surface area contributed by atoms with Gasteiger partial charge in [-0.2, -0.15) is 0 Å². The van der Waals surface area contributed by atoms with Crippen LogP contribution in [0, 0.1) is 6.92 Å². The topological polar surface area (TPSA) is 76.7 Å². The average molecular weight is 360 g/mol. The molecule has 2 aromatic rings. The van der Waals surface area contributed by atoms with E-state index in [2.05, 4.69) is 10.9 Å². The van der Waals surface area contributed by atoms with Gasteiger partial charge in [-0.25, -0.2) is 0 Å². The van der Waals surface area contributed by atoms with Gasteiger partial charge in [-0.3, -0.25) is 20.4 Å². The number of carbonyl (C=O) groups is 2. The lowest BCUT2D eigenvalue weighted by atomic mass is 10.2. The zero-order chi connectivity index (χ0) is 18.2. The summed E-state index contributed by atoms with van der Waals surface area (Å²) in [7, 11) is 3.01. The van der Waals surface area contributed by atoms with Crippen LogP contribution in [0.3, 0.4) is 0 Å². The summed E-state index contributed by atoms with van der Waals surface area (Å²) in [5, 5.41) is 0. The second kappa shape index (κ2) is 8.98. The molecule has 0 radical (unpaired) electrons. The molecule has 2 N–H and O–H groups in total. The van der Waals surface area contributed by atoms with E-state index in [1.807, 2.05) is 31.2 Å². The fourth-order valence-electron chi connectivity index (χ4n) is 2.00. The van der Waals surface area contributed by atoms with Crippen LogP contribution >= 0.6 is 11.8 Å². The molecule has 2 aromatic carbocycles. The molecule has 0 saturated heterocycles. The first-order valence-electron chi connectivity index (χ1n) is 7.54. The van der Waals surface area contributed by atoms with Crippen molar-refractivity contribution in [3.8, 4) is 11.5 Å². The predicted octanol–water partition coefficient (Wildman–Crippen LogP) is 2.57. The fourth-order valence-corrected chi connectivity index (χ4v) is 2.69. The summed E-state index contributed by atoms with van der Waals surface area (Å²) in [6.07, 6.45) is 0. The number of hydrogen-bond acceptors (Lipinski definition) is 5. The Bertz CT molecular complexity index is 747. The van der Waals surface area contributed by atoms with Crippen molar-refractivity contribution < 1.29 is 19.1 Å². The monoisotopic (exact) mass is 360 g/mol. The number of hydrogen-bond donors (Lipinski definition) is 2. The van der Waals surface area contributed by atoms with Crippen LogP contribution in [0.4, 0.5) is 0 Å². The summed E-state index contributed by atoms with van der Waals surface area (Å²) in [6, 6.07) is 12.6. The minimum atomic E-state index is -0.436. The van der Waals surface area contributed by atoms with Crippen molar-refractivity contribution >= 4 is 23.6 Å². The van der Waals surface area contributed by atoms with Gasteiger partial charge in [0.2, 0.25) is 5.91 Å². The standard InChI is InChI=1S/C18H20N2O4S/c1-12-4-7-14(8-5-12)25-11-17(21)19-20-18(22)13-6-9-15(23-2)16(10-13)24-3/h4-10H,11H2,1-3H3,(H,19,21)(H,20,22). The lowest BCUT2D eigenvalue weighted by Gasteiger charge is -2.10. The molecule has 0 bridgehead atoms. The molecule has 0 aliphatic heterocycles. The Morgan fingerprint density at radius 1 is 0.960 bits per heavy atom. The summed E-state index contributed by atoms with van der Waals surface area (Å²) in [6.45, 7) is 2.00. The van der Waals surface area contributed by atoms with E-state index < -0.39 is 5.91 Å². The minimum absolute atomic E-state index is 0.204. The van der Waals surface area contributed by atoms with E-state index in [1.54, 1.807) is 18.2 Å². The number of methoxy groups -OCH3 is 2. The quantitative estimate of drug-likeness (QED) is 0.612. The van der Waals surface area contributed by atoms with Crippen molar-refractivity contribution in [3.63, 3.8) is 0 Å². The Morgan fingerprint density at radius 3 is 2.28 bits per heavy atom. The molecule has 0 aliphatic rings. The van der Waals surface area contributed by atoms with E-state index in [0.717, 1.165) is 10.5 Å². The van der Waals surface area contributed by atoms with Crippen molar-refractivity contribution in [3.05, 3.63) is 53.6 Å². The van der Waals surface area contributed by atoms with Crippen molar-refractivity contribution in [2.75, 3.05) is 20.0 Å². The zero-order valence-corrected chi connectivity index (χ0v) is 15.1. The van der Waals surface area contributed by atoms with Gasteiger partial charge in [-0.1, -0.05) is 17.7 Å². The third-order valence-electron chi connectivity index (χ3n) is 3.35. The van der Waals surface area contributed by atoms with E-state index in [-0.39, 0.29) is 11.7 Å². The van der Waals surface area contributed by atoms with Crippen molar-refractivity contribution in [1.82, 2.24) is 10.9 Å². The second-order valence-electron chi connectivity index (χ2n) is 5.17. The van der Waals surface area contributed by atoms with Gasteiger partial charge in [-0.15, -0.1) is 11.8 Å². The molecular weight excluding hydrogens is 340 g/mol. The fraction of sp³-hybridized carbons (Fsp3) is 0.222. The molecule has 2 rings (SSSR count). The smallest absolute Gasteiger partial charge is 0.269 e. The van der Waals surface area contributed by atoms with Crippen LogP contribution in [0.1, 0.15) is 15.9 Å². The van der Waals surface area contributed by atoms with Crippen molar-refractivity contribution in [1.29, 1.82) is 0 Å². The third kappa shape index (κ3) is 5.42. The highest BCUT2D eigenvalue weighted by molar-refractivity contribution is 8.00. The second-order valence-corrected chi connectivity index (χ2v) is 6.22. The molecule has 0 aliphatic carbocycles. The van der Waals surface area contributed by atoms with E-state index in [9.17, 15) is 9.59 Å². The molecule has 0 spiro atoms. The maximum atomic E-state index is 12.1. The highest BCUT2D eigenvalue weighted by atomic mass is 32.2. The van der Waals surface area contributed by atoms with Crippen LogP contribution < -0.4 is 20.3 Å². The number of amides is 2. The van der Waals surface area contributed by atoms with Gasteiger partial charge in [0.15, 0.2) is 11.5 Å². The van der Waals surface area contributed by atoms with Crippen LogP contribution in [0.5, 0.6) is 11.5 Å². The third-order valence-corrected chi connectivity index (χ3v) is 4.36. The van der Waals surface area contributed by atoms with Gasteiger partial charge in [0, 0.05) is 10.5 Å². The van der Waals surface area contributed by atoms with Crippen LogP contribution in [0.2, 0.25) is 0 Å². The molecule has 2 amide bonds. The van der Waals surface area contributed by atoms with E-state index >= 15 is 0 Å². The van der Waals surface area contributed by atoms with Crippen molar-refractivity contribution in [2.45, 2.75) is 11.8 Å². The Kier molecular flexibility index (Phi) is 6.71. The first-order chi connectivity index (χ1) is 12.0. The number of benzene rings is 2. The van der Waals surface area contributed by atoms with Crippen molar-refractivity contribution in [2.24, 2.45) is 0 Å². The first kappa shape index (κ1) is 18.7. The Balaban J connectivity index is 1.84. The number of hydrazine groups is 1. The van der Waals surface area contributed by atoms with Gasteiger partial charge in [0.1, 0.15) is 0 Å². The van der Waals surface area contributed by atoms with Gasteiger partial charge in [0.25, 0.3) is 5.91 Å². The summed E-state index contributed by atoms with van der Waals surface area (Å²) in [5.41, 5.74) is 6.30. The molecule has 6 nitrogen and oxygen atoms in total. The van der Waals surface area contributed by atoms with Gasteiger partial charge >= 0.3 is 0 Å². The number of thioether (sulfide) groups is 1. The van der Waals surface area contributed by atoms with Gasteiger partial charge in [0.05, 0.1) is 20.0 Å². The lowest BCUT2D eigenvalue weighted by Crippen LogP contribution is -2.42. The molecular formula is C18H20N2O4S. The molecule has 0 saturated carbocycles. The maximum absolute atomic E-state index is 12.1. The SMILES string of the molecule is COc1ccc(C(=O)NNC(=O)CSc2ccc(C)cc2)cc1OC. The molecule has 25 heavy (non-hydrogen) atoms. The Hall–Kier alpha value is -2.67. The average Bonchev–Trinajstić information content (AvgIpc) is 2.64. The minimum Gasteiger partial charge on any atom is -0.493 e. The molecule has 0 aromatic heterocycles. The molecule has 7 heteroatoms. The molecule has 0 fully saturated rings.